The van der Waals surface area contributed by atoms with Crippen molar-refractivity contribution in [3.05, 3.63) is 33.9 Å². The van der Waals surface area contributed by atoms with Crippen LogP contribution in [0.2, 0.25) is 0 Å². The molecule has 1 rings (SSSR count). The summed E-state index contributed by atoms with van der Waals surface area (Å²) < 4.78 is 4.87. The number of nitrogens with zero attached hydrogens (tertiary/aromatic N) is 1. The van der Waals surface area contributed by atoms with Gasteiger partial charge >= 0.3 is 0 Å². The minimum absolute atomic E-state index is 0. The van der Waals surface area contributed by atoms with Crippen molar-refractivity contribution in [2.24, 2.45) is 0 Å². The first-order chi connectivity index (χ1) is 6.69. The zero-order chi connectivity index (χ0) is 10.6. The molecule has 1 aromatic carbocycles. The van der Waals surface area contributed by atoms with Gasteiger partial charge in [0.15, 0.2) is 0 Å². The fourth-order valence-corrected chi connectivity index (χ4v) is 1.17. The van der Waals surface area contributed by atoms with Gasteiger partial charge in [0.2, 0.25) is 0 Å². The number of nitro benzene ring substituents is 1. The largest absolute Gasteiger partial charge is 0.497 e. The van der Waals surface area contributed by atoms with E-state index in [0.29, 0.717) is 11.3 Å². The third-order valence-electron chi connectivity index (χ3n) is 1.87. The molecule has 0 unspecified atom stereocenters. The van der Waals surface area contributed by atoms with Crippen LogP contribution in [0.25, 0.3) is 0 Å². The van der Waals surface area contributed by atoms with E-state index in [1.165, 1.54) is 13.2 Å². The van der Waals surface area contributed by atoms with Crippen LogP contribution in [-0.2, 0) is 6.42 Å². The number of hydrogen-bond acceptors (Lipinski definition) is 5. The van der Waals surface area contributed by atoms with Gasteiger partial charge in [-0.15, -0.1) is 0 Å². The molecule has 6 heteroatoms. The summed E-state index contributed by atoms with van der Waals surface area (Å²) in [6.07, 6.45) is 0.278. The van der Waals surface area contributed by atoms with Crippen LogP contribution in [0.5, 0.6) is 5.75 Å². The molecule has 0 bridgehead atoms. The number of hydrogen-bond donors (Lipinski definition) is 2. The lowest BCUT2D eigenvalue weighted by Crippen LogP contribution is -1.98. The quantitative estimate of drug-likeness (QED) is 0.580. The third kappa shape index (κ3) is 3.19. The van der Waals surface area contributed by atoms with Gasteiger partial charge in [-0.2, -0.15) is 0 Å². The molecule has 0 saturated heterocycles. The van der Waals surface area contributed by atoms with Gasteiger partial charge in [0.25, 0.3) is 5.69 Å². The highest BCUT2D eigenvalue weighted by Gasteiger charge is 2.13. The van der Waals surface area contributed by atoms with Crippen molar-refractivity contribution < 1.29 is 14.8 Å². The molecule has 1 aromatic rings. The molecule has 0 saturated carbocycles. The van der Waals surface area contributed by atoms with E-state index in [4.69, 9.17) is 9.84 Å². The molecule has 0 aliphatic rings. The molecule has 0 spiro atoms. The van der Waals surface area contributed by atoms with Gasteiger partial charge in [-0.3, -0.25) is 10.1 Å². The van der Waals surface area contributed by atoms with Gasteiger partial charge in [0.1, 0.15) is 5.75 Å². The number of rotatable bonds is 4. The molecule has 6 nitrogen and oxygen atoms in total. The molecule has 0 heterocycles. The van der Waals surface area contributed by atoms with E-state index >= 15 is 0 Å². The molecule has 0 aromatic heterocycles. The Kier molecular flexibility index (Phi) is 5.29. The van der Waals surface area contributed by atoms with Crippen molar-refractivity contribution in [2.45, 2.75) is 6.42 Å². The van der Waals surface area contributed by atoms with Crippen molar-refractivity contribution >= 4 is 5.69 Å². The number of aliphatic hydroxyl groups excluding tert-OH is 1. The fourth-order valence-electron chi connectivity index (χ4n) is 1.17. The Bertz CT molecular complexity index is 341. The fraction of sp³-hybridized carbons (Fsp3) is 0.333. The summed E-state index contributed by atoms with van der Waals surface area (Å²) in [5, 5.41) is 19.3. The monoisotopic (exact) mass is 214 g/mol. The molecular weight excluding hydrogens is 200 g/mol. The lowest BCUT2D eigenvalue weighted by molar-refractivity contribution is -0.385. The Balaban J connectivity index is 0.00000196. The molecule has 0 aliphatic carbocycles. The van der Waals surface area contributed by atoms with E-state index in [2.05, 4.69) is 0 Å². The van der Waals surface area contributed by atoms with Crippen molar-refractivity contribution in [3.8, 4) is 5.75 Å². The van der Waals surface area contributed by atoms with Crippen molar-refractivity contribution in [3.63, 3.8) is 0 Å². The Morgan fingerprint density at radius 1 is 1.53 bits per heavy atom. The highest BCUT2D eigenvalue weighted by molar-refractivity contribution is 5.46. The Labute approximate surface area is 87.2 Å². The van der Waals surface area contributed by atoms with E-state index < -0.39 is 4.92 Å². The van der Waals surface area contributed by atoms with Crippen LogP contribution in [0.1, 0.15) is 5.56 Å². The van der Waals surface area contributed by atoms with Crippen LogP contribution in [0.3, 0.4) is 0 Å². The zero-order valence-corrected chi connectivity index (χ0v) is 8.47. The summed E-state index contributed by atoms with van der Waals surface area (Å²) in [6, 6.07) is 4.58. The average molecular weight is 214 g/mol. The van der Waals surface area contributed by atoms with E-state index in [-0.39, 0.29) is 24.9 Å². The van der Waals surface area contributed by atoms with Crippen molar-refractivity contribution in [1.82, 2.24) is 6.15 Å². The number of ether oxygens (including phenoxy) is 1. The highest BCUT2D eigenvalue weighted by Crippen LogP contribution is 2.24. The first-order valence-electron chi connectivity index (χ1n) is 4.11. The molecule has 0 aliphatic heterocycles. The highest BCUT2D eigenvalue weighted by atomic mass is 16.6. The maximum Gasteiger partial charge on any atom is 0.276 e. The minimum atomic E-state index is -0.479. The average Bonchev–Trinajstić information content (AvgIpc) is 2.18. The predicted molar refractivity (Wildman–Crippen MR) is 55.5 cm³/mol. The summed E-state index contributed by atoms with van der Waals surface area (Å²) in [5.74, 6) is 0.443. The number of aliphatic hydroxyl groups is 1. The Morgan fingerprint density at radius 2 is 2.20 bits per heavy atom. The SMILES string of the molecule is COc1ccc(CCO)c([N+](=O)[O-])c1.N. The second kappa shape index (κ2) is 5.94. The lowest BCUT2D eigenvalue weighted by Gasteiger charge is -2.03. The van der Waals surface area contributed by atoms with Crippen LogP contribution in [0.4, 0.5) is 5.69 Å². The van der Waals surface area contributed by atoms with Crippen LogP contribution in [-0.4, -0.2) is 23.7 Å². The first kappa shape index (κ1) is 13.3. The summed E-state index contributed by atoms with van der Waals surface area (Å²) in [7, 11) is 1.45. The normalized spacial score (nSPS) is 9.20. The maximum absolute atomic E-state index is 10.6. The minimum Gasteiger partial charge on any atom is -0.497 e. The van der Waals surface area contributed by atoms with Gasteiger partial charge in [0.05, 0.1) is 18.1 Å². The second-order valence-corrected chi connectivity index (χ2v) is 2.73. The number of benzene rings is 1. The molecule has 0 amide bonds. The molecule has 0 atom stereocenters. The molecule has 0 radical (unpaired) electrons. The van der Waals surface area contributed by atoms with Crippen LogP contribution in [0, 0.1) is 10.1 Å². The van der Waals surface area contributed by atoms with Crippen molar-refractivity contribution in [2.75, 3.05) is 13.7 Å². The number of methoxy groups -OCH3 is 1. The summed E-state index contributed by atoms with van der Waals surface area (Å²) >= 11 is 0. The smallest absolute Gasteiger partial charge is 0.276 e. The van der Waals surface area contributed by atoms with Gasteiger partial charge in [0, 0.05) is 18.6 Å². The van der Waals surface area contributed by atoms with Gasteiger partial charge in [-0.25, -0.2) is 0 Å². The molecule has 84 valence electrons. The zero-order valence-electron chi connectivity index (χ0n) is 8.47. The van der Waals surface area contributed by atoms with Gasteiger partial charge in [-0.05, 0) is 12.1 Å². The van der Waals surface area contributed by atoms with E-state index in [1.54, 1.807) is 12.1 Å². The van der Waals surface area contributed by atoms with Crippen molar-refractivity contribution in [1.29, 1.82) is 0 Å². The van der Waals surface area contributed by atoms with Crippen LogP contribution < -0.4 is 10.9 Å². The van der Waals surface area contributed by atoms with E-state index in [9.17, 15) is 10.1 Å². The predicted octanol–water partition coefficient (Wildman–Crippen LogP) is 1.30. The number of nitro groups is 1. The first-order valence-corrected chi connectivity index (χ1v) is 4.11. The Morgan fingerprint density at radius 3 is 2.67 bits per heavy atom. The third-order valence-corrected chi connectivity index (χ3v) is 1.87. The topological polar surface area (TPSA) is 108 Å². The summed E-state index contributed by atoms with van der Waals surface area (Å²) in [6.45, 7) is -0.104. The summed E-state index contributed by atoms with van der Waals surface area (Å²) in [5.41, 5.74) is 0.497. The molecule has 15 heavy (non-hydrogen) atoms. The second-order valence-electron chi connectivity index (χ2n) is 2.73. The van der Waals surface area contributed by atoms with Gasteiger partial charge in [-0.1, -0.05) is 0 Å². The van der Waals surface area contributed by atoms with Crippen LogP contribution >= 0.6 is 0 Å². The molecular formula is C9H14N2O4. The van der Waals surface area contributed by atoms with E-state index in [0.717, 1.165) is 0 Å². The molecule has 0 fully saturated rings. The summed E-state index contributed by atoms with van der Waals surface area (Å²) in [4.78, 5) is 10.2. The standard InChI is InChI=1S/C9H11NO4.H3N/c1-14-8-3-2-7(4-5-11)9(6-8)10(12)13;/h2-3,6,11H,4-5H2,1H3;1H3. The Hall–Kier alpha value is -1.66. The lowest BCUT2D eigenvalue weighted by atomic mass is 10.1. The van der Waals surface area contributed by atoms with Gasteiger partial charge < -0.3 is 16.0 Å². The molecule has 4 N–H and O–H groups in total. The maximum atomic E-state index is 10.6. The van der Waals surface area contributed by atoms with Crippen LogP contribution in [0.15, 0.2) is 18.2 Å². The van der Waals surface area contributed by atoms with E-state index in [1.807, 2.05) is 0 Å².